The maximum Gasteiger partial charge on any atom is 0.333 e. The molecule has 1 aliphatic heterocycles. The zero-order chi connectivity index (χ0) is 19.0. The van der Waals surface area contributed by atoms with Crippen LogP contribution in [0.15, 0.2) is 54.8 Å². The van der Waals surface area contributed by atoms with E-state index in [2.05, 4.69) is 15.9 Å². The van der Waals surface area contributed by atoms with E-state index in [9.17, 15) is 14.4 Å². The lowest BCUT2D eigenvalue weighted by Gasteiger charge is -2.28. The van der Waals surface area contributed by atoms with E-state index in [1.165, 1.54) is 31.9 Å². The number of furan rings is 1. The van der Waals surface area contributed by atoms with Crippen LogP contribution in [0.3, 0.4) is 0 Å². The van der Waals surface area contributed by atoms with Crippen molar-refractivity contribution in [2.75, 3.05) is 14.1 Å². The number of amides is 4. The fraction of sp³-hybridized carbons (Fsp3) is 0.118. The zero-order valence-electron chi connectivity index (χ0n) is 13.7. The van der Waals surface area contributed by atoms with Crippen LogP contribution in [0, 0.1) is 0 Å². The second kappa shape index (κ2) is 7.30. The number of carbonyl (C=O) groups excluding carboxylic acids is 3. The smallest absolute Gasteiger partial charge is 0.333 e. The van der Waals surface area contributed by atoms with E-state index in [0.717, 1.165) is 14.7 Å². The minimum absolute atomic E-state index is 0.140. The number of benzene rings is 1. The lowest BCUT2D eigenvalue weighted by molar-refractivity contribution is -0.134. The number of imide groups is 2. The molecule has 0 spiro atoms. The van der Waals surface area contributed by atoms with Crippen molar-refractivity contribution in [3.8, 4) is 0 Å². The summed E-state index contributed by atoms with van der Waals surface area (Å²) < 4.78 is 6.40. The maximum absolute atomic E-state index is 12.2. The van der Waals surface area contributed by atoms with E-state index in [1.54, 1.807) is 18.2 Å². The number of nitrogens with zero attached hydrogens (tertiary/aromatic N) is 2. The molecular weight excluding hydrogens is 444 g/mol. The SMILES string of the molecule is CN1C(=O)C(=Cc2cc(Br)c(Sc3ccc(Cl)cc3)o2)C(=O)N(C)C1=O. The standard InChI is InChI=1S/C17H12BrClN2O4S/c1-20-14(22)12(15(23)21(2)17(20)24)7-10-8-13(18)16(25-10)26-11-5-3-9(19)4-6-11/h3-8H,1-2H3. The van der Waals surface area contributed by atoms with Gasteiger partial charge < -0.3 is 4.42 Å². The van der Waals surface area contributed by atoms with Gasteiger partial charge in [0, 0.05) is 24.0 Å². The molecule has 3 rings (SSSR count). The number of rotatable bonds is 3. The number of hydrogen-bond donors (Lipinski definition) is 0. The first kappa shape index (κ1) is 18.8. The lowest BCUT2D eigenvalue weighted by Crippen LogP contribution is -2.52. The van der Waals surface area contributed by atoms with Crippen LogP contribution >= 0.6 is 39.3 Å². The summed E-state index contributed by atoms with van der Waals surface area (Å²) in [5.41, 5.74) is -0.140. The molecule has 0 N–H and O–H groups in total. The van der Waals surface area contributed by atoms with Gasteiger partial charge in [0.25, 0.3) is 11.8 Å². The number of halogens is 2. The van der Waals surface area contributed by atoms with Gasteiger partial charge in [-0.3, -0.25) is 19.4 Å². The van der Waals surface area contributed by atoms with Gasteiger partial charge in [-0.1, -0.05) is 23.4 Å². The highest BCUT2D eigenvalue weighted by molar-refractivity contribution is 9.10. The molecule has 0 saturated carbocycles. The van der Waals surface area contributed by atoms with Crippen molar-refractivity contribution in [2.24, 2.45) is 0 Å². The predicted octanol–water partition coefficient (Wildman–Crippen LogP) is 4.28. The lowest BCUT2D eigenvalue weighted by atomic mass is 10.1. The molecule has 1 aliphatic rings. The molecule has 134 valence electrons. The third kappa shape index (κ3) is 3.58. The highest BCUT2D eigenvalue weighted by Gasteiger charge is 2.38. The number of urea groups is 1. The zero-order valence-corrected chi connectivity index (χ0v) is 16.8. The van der Waals surface area contributed by atoms with Gasteiger partial charge in [0.2, 0.25) is 0 Å². The second-order valence-electron chi connectivity index (χ2n) is 5.41. The van der Waals surface area contributed by atoms with Gasteiger partial charge in [0.1, 0.15) is 11.3 Å². The van der Waals surface area contributed by atoms with Crippen LogP contribution in [0.2, 0.25) is 5.02 Å². The first-order valence-corrected chi connectivity index (χ1v) is 9.31. The first-order valence-electron chi connectivity index (χ1n) is 7.32. The number of likely N-dealkylation sites (N-methyl/N-ethyl adjacent to an activating group) is 2. The van der Waals surface area contributed by atoms with Crippen molar-refractivity contribution in [2.45, 2.75) is 9.99 Å². The molecule has 2 heterocycles. The molecule has 1 aromatic heterocycles. The molecular formula is C17H12BrClN2O4S. The Morgan fingerprint density at radius 1 is 1.08 bits per heavy atom. The van der Waals surface area contributed by atoms with Gasteiger partial charge >= 0.3 is 6.03 Å². The number of carbonyl (C=O) groups is 3. The fourth-order valence-electron chi connectivity index (χ4n) is 2.24. The monoisotopic (exact) mass is 454 g/mol. The van der Waals surface area contributed by atoms with Crippen LogP contribution in [-0.4, -0.2) is 41.7 Å². The first-order chi connectivity index (χ1) is 12.3. The molecule has 1 saturated heterocycles. The Bertz CT molecular complexity index is 913. The van der Waals surface area contributed by atoms with Gasteiger partial charge in [0.05, 0.1) is 4.47 Å². The number of barbiturate groups is 1. The van der Waals surface area contributed by atoms with Crippen molar-refractivity contribution < 1.29 is 18.8 Å². The summed E-state index contributed by atoms with van der Waals surface area (Å²) in [5.74, 6) is -1.02. The molecule has 0 bridgehead atoms. The Hall–Kier alpha value is -2.03. The van der Waals surface area contributed by atoms with E-state index in [4.69, 9.17) is 16.0 Å². The summed E-state index contributed by atoms with van der Waals surface area (Å²) in [5, 5.41) is 1.20. The van der Waals surface area contributed by atoms with Crippen molar-refractivity contribution in [3.63, 3.8) is 0 Å². The molecule has 26 heavy (non-hydrogen) atoms. The van der Waals surface area contributed by atoms with Crippen LogP contribution in [0.5, 0.6) is 0 Å². The summed E-state index contributed by atoms with van der Waals surface area (Å²) in [6.45, 7) is 0. The Balaban J connectivity index is 1.89. The maximum atomic E-state index is 12.2. The molecule has 0 atom stereocenters. The molecule has 0 radical (unpaired) electrons. The second-order valence-corrected chi connectivity index (χ2v) is 7.75. The van der Waals surface area contributed by atoms with Gasteiger partial charge in [-0.2, -0.15) is 0 Å². The summed E-state index contributed by atoms with van der Waals surface area (Å²) in [6.07, 6.45) is 1.33. The molecule has 9 heteroatoms. The fourth-order valence-corrected chi connectivity index (χ4v) is 3.69. The molecule has 1 aromatic carbocycles. The van der Waals surface area contributed by atoms with Crippen molar-refractivity contribution >= 4 is 63.2 Å². The Morgan fingerprint density at radius 2 is 1.65 bits per heavy atom. The van der Waals surface area contributed by atoms with Gasteiger partial charge in [-0.25, -0.2) is 4.79 Å². The highest BCUT2D eigenvalue weighted by atomic mass is 79.9. The van der Waals surface area contributed by atoms with E-state index in [1.807, 2.05) is 12.1 Å². The molecule has 1 fully saturated rings. The summed E-state index contributed by atoms with van der Waals surface area (Å²) >= 11 is 10.6. The summed E-state index contributed by atoms with van der Waals surface area (Å²) in [4.78, 5) is 38.9. The molecule has 0 aliphatic carbocycles. The topological polar surface area (TPSA) is 70.8 Å². The minimum Gasteiger partial charge on any atom is -0.449 e. The normalized spacial score (nSPS) is 15.1. The average molecular weight is 456 g/mol. The molecule has 6 nitrogen and oxygen atoms in total. The van der Waals surface area contributed by atoms with E-state index in [-0.39, 0.29) is 5.57 Å². The largest absolute Gasteiger partial charge is 0.449 e. The minimum atomic E-state index is -0.670. The van der Waals surface area contributed by atoms with E-state index < -0.39 is 17.8 Å². The third-order valence-corrected chi connectivity index (χ3v) is 5.73. The van der Waals surface area contributed by atoms with Crippen LogP contribution in [0.4, 0.5) is 4.79 Å². The van der Waals surface area contributed by atoms with E-state index in [0.29, 0.717) is 20.3 Å². The quantitative estimate of drug-likeness (QED) is 0.510. The average Bonchev–Trinajstić information content (AvgIpc) is 2.96. The highest BCUT2D eigenvalue weighted by Crippen LogP contribution is 2.37. The predicted molar refractivity (Wildman–Crippen MR) is 101 cm³/mol. The van der Waals surface area contributed by atoms with Gasteiger partial charge in [0.15, 0.2) is 5.09 Å². The summed E-state index contributed by atoms with van der Waals surface area (Å²) in [7, 11) is 2.64. The van der Waals surface area contributed by atoms with Crippen LogP contribution in [0.1, 0.15) is 5.76 Å². The molecule has 4 amide bonds. The van der Waals surface area contributed by atoms with Crippen molar-refractivity contribution in [1.29, 1.82) is 0 Å². The van der Waals surface area contributed by atoms with Crippen LogP contribution in [-0.2, 0) is 9.59 Å². The number of hydrogen-bond acceptors (Lipinski definition) is 5. The van der Waals surface area contributed by atoms with Crippen molar-refractivity contribution in [1.82, 2.24) is 9.80 Å². The Morgan fingerprint density at radius 3 is 2.23 bits per heavy atom. The van der Waals surface area contributed by atoms with E-state index >= 15 is 0 Å². The van der Waals surface area contributed by atoms with Gasteiger partial charge in [-0.05, 0) is 52.3 Å². The van der Waals surface area contributed by atoms with Crippen LogP contribution in [0.25, 0.3) is 6.08 Å². The van der Waals surface area contributed by atoms with Gasteiger partial charge in [-0.15, -0.1) is 0 Å². The Labute approximate surface area is 166 Å². The molecule has 0 unspecified atom stereocenters. The molecule has 2 aromatic rings. The van der Waals surface area contributed by atoms with Crippen molar-refractivity contribution in [3.05, 3.63) is 51.2 Å². The Kier molecular flexibility index (Phi) is 5.27. The third-order valence-electron chi connectivity index (χ3n) is 3.63. The summed E-state index contributed by atoms with van der Waals surface area (Å²) in [6, 6.07) is 8.23. The van der Waals surface area contributed by atoms with Crippen LogP contribution < -0.4 is 0 Å².